The van der Waals surface area contributed by atoms with Gasteiger partial charge in [-0.15, -0.1) is 0 Å². The summed E-state index contributed by atoms with van der Waals surface area (Å²) >= 11 is 0. The number of para-hydroxylation sites is 2. The number of methoxy groups -OCH3 is 1. The van der Waals surface area contributed by atoms with E-state index < -0.39 is 0 Å². The lowest BCUT2D eigenvalue weighted by Crippen LogP contribution is -2.07. The molecule has 292 valence electrons. The number of hydrogen-bond donors (Lipinski definition) is 1. The predicted molar refractivity (Wildman–Crippen MR) is 239 cm³/mol. The van der Waals surface area contributed by atoms with Crippen molar-refractivity contribution in [1.82, 2.24) is 19.1 Å². The Morgan fingerprint density at radius 3 is 1.48 bits per heavy atom. The zero-order valence-corrected chi connectivity index (χ0v) is 34.5. The Balaban J connectivity index is 0.000000177. The van der Waals surface area contributed by atoms with Crippen LogP contribution < -0.4 is 4.74 Å². The van der Waals surface area contributed by atoms with Gasteiger partial charge < -0.3 is 9.84 Å². The summed E-state index contributed by atoms with van der Waals surface area (Å²) in [6.45, 7) is 13.3. The normalized spacial score (nSPS) is 11.2. The number of benzene rings is 6. The molecule has 0 saturated heterocycles. The highest BCUT2D eigenvalue weighted by Crippen LogP contribution is 2.37. The highest BCUT2D eigenvalue weighted by atomic mass is 16.5. The third-order valence-electron chi connectivity index (χ3n) is 10.5. The molecule has 0 saturated carbocycles. The van der Waals surface area contributed by atoms with Crippen molar-refractivity contribution < 1.29 is 9.84 Å². The van der Waals surface area contributed by atoms with E-state index in [0.29, 0.717) is 17.8 Å². The maximum absolute atomic E-state index is 10.5. The van der Waals surface area contributed by atoms with Crippen molar-refractivity contribution in [2.45, 2.75) is 59.3 Å². The minimum Gasteiger partial charge on any atom is -0.508 e. The first-order chi connectivity index (χ1) is 28.1. The number of hydrogen-bond acceptors (Lipinski definition) is 4. The van der Waals surface area contributed by atoms with Crippen molar-refractivity contribution in [2.24, 2.45) is 0 Å². The second kappa shape index (κ2) is 17.6. The number of imidazole rings is 2. The van der Waals surface area contributed by atoms with E-state index in [1.54, 1.807) is 19.2 Å². The Hall–Kier alpha value is -6.66. The molecule has 1 N–H and O–H groups in total. The molecule has 0 atom stereocenters. The highest BCUT2D eigenvalue weighted by molar-refractivity contribution is 5.75. The molecular weight excluding hydrogens is 713 g/mol. The fourth-order valence-electron chi connectivity index (χ4n) is 7.57. The maximum Gasteiger partial charge on any atom is 0.144 e. The molecule has 8 aromatic rings. The van der Waals surface area contributed by atoms with Crippen LogP contribution in [0.15, 0.2) is 164 Å². The third-order valence-corrected chi connectivity index (χ3v) is 10.5. The molecule has 0 aliphatic carbocycles. The molecule has 0 radical (unpaired) electrons. The third kappa shape index (κ3) is 8.52. The van der Waals surface area contributed by atoms with Gasteiger partial charge in [0.05, 0.1) is 18.5 Å². The Morgan fingerprint density at radius 1 is 0.466 bits per heavy atom. The van der Waals surface area contributed by atoms with E-state index in [1.165, 1.54) is 22.4 Å². The largest absolute Gasteiger partial charge is 0.508 e. The average molecular weight is 765 g/mol. The number of phenols is 1. The van der Waals surface area contributed by atoms with Gasteiger partial charge in [-0.25, -0.2) is 9.97 Å². The van der Waals surface area contributed by atoms with Gasteiger partial charge in [-0.2, -0.15) is 0 Å². The van der Waals surface area contributed by atoms with E-state index in [2.05, 4.69) is 141 Å². The van der Waals surface area contributed by atoms with Gasteiger partial charge >= 0.3 is 0 Å². The van der Waals surface area contributed by atoms with Crippen LogP contribution in [0.1, 0.15) is 76.0 Å². The number of rotatable bonds is 10. The molecule has 8 rings (SSSR count). The lowest BCUT2D eigenvalue weighted by atomic mass is 9.92. The first-order valence-electron chi connectivity index (χ1n) is 20.1. The number of ether oxygens (including phenoxy) is 1. The molecule has 0 amide bonds. The van der Waals surface area contributed by atoms with Gasteiger partial charge in [0.15, 0.2) is 0 Å². The molecule has 58 heavy (non-hydrogen) atoms. The molecule has 0 fully saturated rings. The van der Waals surface area contributed by atoms with E-state index in [4.69, 9.17) is 9.72 Å². The van der Waals surface area contributed by atoms with E-state index in [1.807, 2.05) is 67.3 Å². The fourth-order valence-corrected chi connectivity index (χ4v) is 7.57. The Kier molecular flexibility index (Phi) is 12.0. The molecule has 0 aliphatic rings. The van der Waals surface area contributed by atoms with Crippen LogP contribution >= 0.6 is 0 Å². The van der Waals surface area contributed by atoms with Gasteiger partial charge in [-0.3, -0.25) is 9.13 Å². The van der Waals surface area contributed by atoms with Crippen LogP contribution in [-0.4, -0.2) is 31.3 Å². The zero-order chi connectivity index (χ0) is 40.8. The monoisotopic (exact) mass is 764 g/mol. The van der Waals surface area contributed by atoms with Crippen LogP contribution in [0.2, 0.25) is 0 Å². The van der Waals surface area contributed by atoms with Crippen molar-refractivity contribution in [1.29, 1.82) is 0 Å². The summed E-state index contributed by atoms with van der Waals surface area (Å²) in [5.41, 5.74) is 12.5. The molecular formula is C52H52N4O2. The molecule has 0 bridgehead atoms. The smallest absolute Gasteiger partial charge is 0.144 e. The first-order valence-corrected chi connectivity index (χ1v) is 20.1. The summed E-state index contributed by atoms with van der Waals surface area (Å²) in [4.78, 5) is 9.37. The number of nitrogens with zero attached hydrogens (tertiary/aromatic N) is 4. The molecule has 6 heteroatoms. The first kappa shape index (κ1) is 39.6. The number of aromatic nitrogens is 4. The quantitative estimate of drug-likeness (QED) is 0.151. The molecule has 0 unspecified atom stereocenters. The summed E-state index contributed by atoms with van der Waals surface area (Å²) in [5, 5.41) is 10.5. The highest BCUT2D eigenvalue weighted by Gasteiger charge is 2.20. The average Bonchev–Trinajstić information content (AvgIpc) is 3.95. The van der Waals surface area contributed by atoms with E-state index >= 15 is 0 Å². The van der Waals surface area contributed by atoms with E-state index in [9.17, 15) is 5.11 Å². The van der Waals surface area contributed by atoms with Gasteiger partial charge in [0.25, 0.3) is 0 Å². The molecule has 2 aromatic heterocycles. The van der Waals surface area contributed by atoms with E-state index in [-0.39, 0.29) is 5.75 Å². The summed E-state index contributed by atoms with van der Waals surface area (Å²) < 4.78 is 9.93. The molecule has 6 aromatic carbocycles. The standard InChI is InChI=1S/C27H28N2O.C25H24N2O/c1-18(2)24-11-8-12-25(19(3)4)26(24)29-14-13-28-27(29)22-15-21(16-23(30)17-22)20-9-6-5-7-10-20;1-18(2)23-11-7-8-12-24(23)27-14-13-26-25(27)21-15-20(16-22(17-21)28-3)19-9-5-4-6-10-19/h5-19,30H,1-4H3;4-18H,1-3H3. The Bertz CT molecular complexity index is 2570. The minimum absolute atomic E-state index is 0.238. The summed E-state index contributed by atoms with van der Waals surface area (Å²) in [7, 11) is 1.70. The van der Waals surface area contributed by atoms with Crippen molar-refractivity contribution in [3.63, 3.8) is 0 Å². The van der Waals surface area contributed by atoms with Crippen LogP contribution in [-0.2, 0) is 0 Å². The van der Waals surface area contributed by atoms with Crippen LogP contribution in [0.4, 0.5) is 0 Å². The Labute approximate surface area is 343 Å². The Morgan fingerprint density at radius 2 is 0.914 bits per heavy atom. The SMILES string of the molecule is CC(C)c1cccc(C(C)C)c1-n1ccnc1-c1cc(O)cc(-c2ccccc2)c1.COc1cc(-c2ccccc2)cc(-c2nccn2-c2ccccc2C(C)C)c1. The topological polar surface area (TPSA) is 65.1 Å². The number of phenolic OH excluding ortho intramolecular Hbond substituents is 1. The second-order valence-corrected chi connectivity index (χ2v) is 15.5. The lowest BCUT2D eigenvalue weighted by Gasteiger charge is -2.22. The fraction of sp³-hybridized carbons (Fsp3) is 0.192. The summed E-state index contributed by atoms with van der Waals surface area (Å²) in [6.07, 6.45) is 7.74. The van der Waals surface area contributed by atoms with Crippen LogP contribution in [0.3, 0.4) is 0 Å². The van der Waals surface area contributed by atoms with Crippen LogP contribution in [0, 0.1) is 0 Å². The van der Waals surface area contributed by atoms with Crippen molar-refractivity contribution in [3.05, 3.63) is 181 Å². The lowest BCUT2D eigenvalue weighted by molar-refractivity contribution is 0.415. The second-order valence-electron chi connectivity index (χ2n) is 15.5. The molecule has 0 aliphatic heterocycles. The maximum atomic E-state index is 10.5. The van der Waals surface area contributed by atoms with Crippen molar-refractivity contribution in [2.75, 3.05) is 7.11 Å². The van der Waals surface area contributed by atoms with E-state index in [0.717, 1.165) is 56.5 Å². The summed E-state index contributed by atoms with van der Waals surface area (Å²) in [5.74, 6) is 4.00. The van der Waals surface area contributed by atoms with Crippen LogP contribution in [0.5, 0.6) is 11.5 Å². The predicted octanol–water partition coefficient (Wildman–Crippen LogP) is 13.5. The van der Waals surface area contributed by atoms with Gasteiger partial charge in [0.2, 0.25) is 0 Å². The molecule has 0 spiro atoms. The van der Waals surface area contributed by atoms with Gasteiger partial charge in [0, 0.05) is 35.9 Å². The zero-order valence-electron chi connectivity index (χ0n) is 34.5. The molecule has 6 nitrogen and oxygen atoms in total. The minimum atomic E-state index is 0.238. The van der Waals surface area contributed by atoms with Crippen molar-refractivity contribution >= 4 is 0 Å². The van der Waals surface area contributed by atoms with Gasteiger partial charge in [0.1, 0.15) is 23.1 Å². The number of aromatic hydroxyl groups is 1. The van der Waals surface area contributed by atoms with Gasteiger partial charge in [-0.05, 0) is 99.2 Å². The summed E-state index contributed by atoms with van der Waals surface area (Å²) in [6, 6.07) is 47.5. The molecule has 2 heterocycles. The van der Waals surface area contributed by atoms with Crippen LogP contribution in [0.25, 0.3) is 56.4 Å². The van der Waals surface area contributed by atoms with Crippen molar-refractivity contribution in [3.8, 4) is 67.9 Å². The van der Waals surface area contributed by atoms with Gasteiger partial charge in [-0.1, -0.05) is 139 Å².